The van der Waals surface area contributed by atoms with E-state index in [1.807, 2.05) is 24.3 Å². The van der Waals surface area contributed by atoms with E-state index in [1.165, 1.54) is 4.68 Å². The second-order valence-electron chi connectivity index (χ2n) is 3.86. The number of benzene rings is 1. The summed E-state index contributed by atoms with van der Waals surface area (Å²) in [5, 5.41) is 3.98. The molecule has 1 heterocycles. The number of nitrogen functional groups attached to an aromatic ring is 1. The highest BCUT2D eigenvalue weighted by Crippen LogP contribution is 2.16. The van der Waals surface area contributed by atoms with E-state index in [0.29, 0.717) is 13.2 Å². The smallest absolute Gasteiger partial charge is 0.271 e. The normalized spacial score (nSPS) is 10.4. The van der Waals surface area contributed by atoms with Gasteiger partial charge in [0.05, 0.1) is 12.2 Å². The Morgan fingerprint density at radius 3 is 2.63 bits per heavy atom. The molecule has 1 aromatic heterocycles. The Kier molecular flexibility index (Phi) is 4.06. The molecule has 2 aromatic rings. The average molecular weight is 325 g/mol. The Morgan fingerprint density at radius 1 is 1.37 bits per heavy atom. The maximum Gasteiger partial charge on any atom is 0.271 e. The number of hydrogen-bond donors (Lipinski definition) is 2. The molecule has 0 radical (unpaired) electrons. The summed E-state index contributed by atoms with van der Waals surface area (Å²) < 4.78 is 8.06. The van der Waals surface area contributed by atoms with Crippen molar-refractivity contribution in [3.05, 3.63) is 40.6 Å². The van der Waals surface area contributed by atoms with Crippen molar-refractivity contribution in [2.24, 2.45) is 5.73 Å². The molecule has 0 fully saturated rings. The van der Waals surface area contributed by atoms with Crippen LogP contribution in [0.1, 0.15) is 10.5 Å². The van der Waals surface area contributed by atoms with Crippen LogP contribution in [0.25, 0.3) is 0 Å². The van der Waals surface area contributed by atoms with E-state index in [-0.39, 0.29) is 11.4 Å². The fourth-order valence-electron chi connectivity index (χ4n) is 1.53. The van der Waals surface area contributed by atoms with E-state index in [1.54, 1.807) is 6.20 Å². The zero-order valence-electron chi connectivity index (χ0n) is 10.0. The fraction of sp³-hybridized carbons (Fsp3) is 0.167. The highest BCUT2D eigenvalue weighted by atomic mass is 79.9. The Labute approximate surface area is 118 Å². The van der Waals surface area contributed by atoms with Gasteiger partial charge in [-0.25, -0.2) is 0 Å². The zero-order chi connectivity index (χ0) is 13.8. The summed E-state index contributed by atoms with van der Waals surface area (Å²) in [5.41, 5.74) is 11.1. The molecule has 19 heavy (non-hydrogen) atoms. The molecule has 2 rings (SSSR count). The minimum absolute atomic E-state index is 0.0867. The number of nitrogens with zero attached hydrogens (tertiary/aromatic N) is 2. The number of primary amides is 1. The van der Waals surface area contributed by atoms with Crippen LogP contribution >= 0.6 is 15.9 Å². The number of ether oxygens (including phenoxy) is 1. The van der Waals surface area contributed by atoms with Gasteiger partial charge in [0.2, 0.25) is 0 Å². The van der Waals surface area contributed by atoms with Crippen molar-refractivity contribution in [3.8, 4) is 5.75 Å². The molecule has 1 amide bonds. The summed E-state index contributed by atoms with van der Waals surface area (Å²) in [6, 6.07) is 7.51. The maximum atomic E-state index is 11.0. The fourth-order valence-corrected chi connectivity index (χ4v) is 1.80. The average Bonchev–Trinajstić information content (AvgIpc) is 2.73. The number of carbonyl (C=O) groups excluding carboxylic acids is 1. The van der Waals surface area contributed by atoms with Crippen LogP contribution in [0.2, 0.25) is 0 Å². The van der Waals surface area contributed by atoms with Gasteiger partial charge in [-0.1, -0.05) is 15.9 Å². The second-order valence-corrected chi connectivity index (χ2v) is 4.78. The monoisotopic (exact) mass is 324 g/mol. The van der Waals surface area contributed by atoms with Gasteiger partial charge in [-0.15, -0.1) is 0 Å². The molecule has 4 N–H and O–H groups in total. The van der Waals surface area contributed by atoms with Crippen molar-refractivity contribution in [3.63, 3.8) is 0 Å². The summed E-state index contributed by atoms with van der Waals surface area (Å²) in [5.74, 6) is 0.128. The molecule has 0 saturated heterocycles. The lowest BCUT2D eigenvalue weighted by molar-refractivity contribution is 0.0995. The van der Waals surface area contributed by atoms with E-state index in [9.17, 15) is 4.79 Å². The molecule has 1 aromatic carbocycles. The number of rotatable bonds is 5. The second kappa shape index (κ2) is 5.75. The molecule has 100 valence electrons. The number of hydrogen-bond acceptors (Lipinski definition) is 4. The van der Waals surface area contributed by atoms with Crippen molar-refractivity contribution >= 4 is 27.5 Å². The molecule has 0 aliphatic rings. The van der Waals surface area contributed by atoms with Gasteiger partial charge in [-0.05, 0) is 24.3 Å². The maximum absolute atomic E-state index is 11.0. The van der Waals surface area contributed by atoms with E-state index in [4.69, 9.17) is 16.2 Å². The third-order valence-electron chi connectivity index (χ3n) is 2.43. The first kappa shape index (κ1) is 13.4. The Morgan fingerprint density at radius 2 is 2.05 bits per heavy atom. The van der Waals surface area contributed by atoms with Gasteiger partial charge in [0.15, 0.2) is 5.69 Å². The number of carbonyl (C=O) groups is 1. The van der Waals surface area contributed by atoms with Crippen LogP contribution in [-0.4, -0.2) is 22.3 Å². The minimum Gasteiger partial charge on any atom is -0.492 e. The van der Waals surface area contributed by atoms with Crippen LogP contribution in [0.5, 0.6) is 5.75 Å². The van der Waals surface area contributed by atoms with Gasteiger partial charge in [0.25, 0.3) is 5.91 Å². The third-order valence-corrected chi connectivity index (χ3v) is 2.95. The molecular formula is C12H13BrN4O2. The molecule has 0 aliphatic carbocycles. The quantitative estimate of drug-likeness (QED) is 0.868. The Bertz CT molecular complexity index is 580. The number of aromatic nitrogens is 2. The SMILES string of the molecule is NC(=O)c1nn(CCOc2ccc(Br)cc2)cc1N. The Hall–Kier alpha value is -2.02. The molecule has 0 spiro atoms. The molecule has 0 bridgehead atoms. The van der Waals surface area contributed by atoms with Gasteiger partial charge < -0.3 is 16.2 Å². The third kappa shape index (κ3) is 3.47. The van der Waals surface area contributed by atoms with E-state index in [0.717, 1.165) is 10.2 Å². The van der Waals surface area contributed by atoms with Crippen LogP contribution in [0.4, 0.5) is 5.69 Å². The zero-order valence-corrected chi connectivity index (χ0v) is 11.6. The van der Waals surface area contributed by atoms with Gasteiger partial charge in [-0.3, -0.25) is 9.48 Å². The highest BCUT2D eigenvalue weighted by Gasteiger charge is 2.10. The number of anilines is 1. The Balaban J connectivity index is 1.90. The van der Waals surface area contributed by atoms with Gasteiger partial charge in [-0.2, -0.15) is 5.10 Å². The lowest BCUT2D eigenvalue weighted by Crippen LogP contribution is -2.15. The van der Waals surface area contributed by atoms with Crippen molar-refractivity contribution < 1.29 is 9.53 Å². The van der Waals surface area contributed by atoms with Crippen molar-refractivity contribution in [2.75, 3.05) is 12.3 Å². The molecule has 0 saturated carbocycles. The van der Waals surface area contributed by atoms with Crippen LogP contribution < -0.4 is 16.2 Å². The van der Waals surface area contributed by atoms with E-state index >= 15 is 0 Å². The summed E-state index contributed by atoms with van der Waals surface area (Å²) in [6.45, 7) is 0.897. The molecule has 7 heteroatoms. The van der Waals surface area contributed by atoms with Gasteiger partial charge >= 0.3 is 0 Å². The molecular weight excluding hydrogens is 312 g/mol. The minimum atomic E-state index is -0.634. The van der Waals surface area contributed by atoms with Crippen molar-refractivity contribution in [2.45, 2.75) is 6.54 Å². The van der Waals surface area contributed by atoms with Crippen molar-refractivity contribution in [1.82, 2.24) is 9.78 Å². The summed E-state index contributed by atoms with van der Waals surface area (Å²) in [7, 11) is 0. The summed E-state index contributed by atoms with van der Waals surface area (Å²) >= 11 is 3.35. The highest BCUT2D eigenvalue weighted by molar-refractivity contribution is 9.10. The van der Waals surface area contributed by atoms with Crippen LogP contribution in [-0.2, 0) is 6.54 Å². The standard InChI is InChI=1S/C12H13BrN4O2/c13-8-1-3-9(4-2-8)19-6-5-17-7-10(14)11(16-17)12(15)18/h1-4,7H,5-6,14H2,(H2,15,18). The lowest BCUT2D eigenvalue weighted by atomic mass is 10.3. The lowest BCUT2D eigenvalue weighted by Gasteiger charge is -2.06. The largest absolute Gasteiger partial charge is 0.492 e. The van der Waals surface area contributed by atoms with E-state index in [2.05, 4.69) is 21.0 Å². The summed E-state index contributed by atoms with van der Waals surface area (Å²) in [6.07, 6.45) is 1.56. The van der Waals surface area contributed by atoms with Crippen LogP contribution in [0.15, 0.2) is 34.9 Å². The first-order valence-electron chi connectivity index (χ1n) is 5.57. The predicted octanol–water partition coefficient (Wildman–Crippen LogP) is 1.41. The van der Waals surface area contributed by atoms with Crippen LogP contribution in [0.3, 0.4) is 0 Å². The van der Waals surface area contributed by atoms with Crippen LogP contribution in [0, 0.1) is 0 Å². The first-order valence-corrected chi connectivity index (χ1v) is 6.36. The number of amides is 1. The van der Waals surface area contributed by atoms with Gasteiger partial charge in [0, 0.05) is 10.7 Å². The molecule has 0 atom stereocenters. The molecule has 0 aliphatic heterocycles. The molecule has 6 nitrogen and oxygen atoms in total. The topological polar surface area (TPSA) is 96.2 Å². The number of nitrogens with two attached hydrogens (primary N) is 2. The number of halogens is 1. The van der Waals surface area contributed by atoms with Crippen molar-refractivity contribution in [1.29, 1.82) is 0 Å². The first-order chi connectivity index (χ1) is 9.06. The molecule has 0 unspecified atom stereocenters. The summed E-state index contributed by atoms with van der Waals surface area (Å²) in [4.78, 5) is 11.0. The van der Waals surface area contributed by atoms with E-state index < -0.39 is 5.91 Å². The predicted molar refractivity (Wildman–Crippen MR) is 74.8 cm³/mol. The van der Waals surface area contributed by atoms with Gasteiger partial charge in [0.1, 0.15) is 12.4 Å².